The van der Waals surface area contributed by atoms with Crippen LogP contribution in [-0.2, 0) is 24.3 Å². The molecule has 1 aromatic carbocycles. The number of benzene rings is 1. The lowest BCUT2D eigenvalue weighted by atomic mass is 10.2. The molecule has 110 valence electrons. The van der Waals surface area contributed by atoms with Gasteiger partial charge in [0.2, 0.25) is 0 Å². The summed E-state index contributed by atoms with van der Waals surface area (Å²) in [6.45, 7) is 0.983. The van der Waals surface area contributed by atoms with Gasteiger partial charge in [-0.1, -0.05) is 11.6 Å². The number of nitrogens with two attached hydrogens (primary N) is 1. The van der Waals surface area contributed by atoms with Crippen molar-refractivity contribution in [3.63, 3.8) is 0 Å². The first-order valence-electron chi connectivity index (χ1n) is 6.78. The minimum atomic E-state index is -0.454. The minimum Gasteiger partial charge on any atom is -0.454 e. The second-order valence-electron chi connectivity index (χ2n) is 4.95. The molecule has 0 fully saturated rings. The Labute approximate surface area is 126 Å². The highest BCUT2D eigenvalue weighted by molar-refractivity contribution is 6.33. The molecular formula is C14H15ClN4O2. The largest absolute Gasteiger partial charge is 0.454 e. The van der Waals surface area contributed by atoms with Crippen LogP contribution in [0.1, 0.15) is 34.8 Å². The maximum atomic E-state index is 12.0. The van der Waals surface area contributed by atoms with Gasteiger partial charge in [0.15, 0.2) is 12.4 Å². The number of halogens is 1. The van der Waals surface area contributed by atoms with Crippen molar-refractivity contribution in [2.45, 2.75) is 32.4 Å². The van der Waals surface area contributed by atoms with E-state index >= 15 is 0 Å². The van der Waals surface area contributed by atoms with Gasteiger partial charge in [-0.15, -0.1) is 10.2 Å². The van der Waals surface area contributed by atoms with Gasteiger partial charge in [0.1, 0.15) is 5.82 Å². The van der Waals surface area contributed by atoms with Crippen LogP contribution in [0.25, 0.3) is 0 Å². The normalized spacial score (nSPS) is 13.8. The number of aryl methyl sites for hydroxylation is 1. The zero-order chi connectivity index (χ0) is 14.8. The lowest BCUT2D eigenvalue weighted by molar-refractivity contribution is 0.0457. The van der Waals surface area contributed by atoms with Crippen LogP contribution < -0.4 is 5.73 Å². The van der Waals surface area contributed by atoms with Crippen LogP contribution in [-0.4, -0.2) is 20.7 Å². The summed E-state index contributed by atoms with van der Waals surface area (Å²) in [5, 5.41) is 8.54. The topological polar surface area (TPSA) is 83.0 Å². The average Bonchev–Trinajstić information content (AvgIpc) is 2.91. The molecule has 0 unspecified atom stereocenters. The van der Waals surface area contributed by atoms with Gasteiger partial charge in [-0.25, -0.2) is 4.79 Å². The molecule has 1 aromatic heterocycles. The van der Waals surface area contributed by atoms with Crippen LogP contribution in [0.4, 0.5) is 5.69 Å². The minimum absolute atomic E-state index is 0.105. The highest BCUT2D eigenvalue weighted by Gasteiger charge is 2.17. The summed E-state index contributed by atoms with van der Waals surface area (Å²) in [4.78, 5) is 12.0. The van der Waals surface area contributed by atoms with E-state index in [1.807, 2.05) is 4.57 Å². The third-order valence-electron chi connectivity index (χ3n) is 3.50. The second kappa shape index (κ2) is 5.73. The van der Waals surface area contributed by atoms with Crippen LogP contribution in [0, 0.1) is 0 Å². The van der Waals surface area contributed by atoms with Crippen molar-refractivity contribution in [3.05, 3.63) is 40.4 Å². The molecule has 0 saturated heterocycles. The summed E-state index contributed by atoms with van der Waals surface area (Å²) in [6.07, 6.45) is 3.15. The number of hydrogen-bond donors (Lipinski definition) is 1. The molecule has 0 spiro atoms. The molecule has 0 aliphatic carbocycles. The summed E-state index contributed by atoms with van der Waals surface area (Å²) in [6, 6.07) is 4.67. The fourth-order valence-corrected chi connectivity index (χ4v) is 2.52. The average molecular weight is 307 g/mol. The predicted octanol–water partition coefficient (Wildman–Crippen LogP) is 2.21. The Morgan fingerprint density at radius 1 is 1.38 bits per heavy atom. The van der Waals surface area contributed by atoms with Gasteiger partial charge in [-0.3, -0.25) is 0 Å². The summed E-state index contributed by atoms with van der Waals surface area (Å²) >= 11 is 5.89. The fourth-order valence-electron chi connectivity index (χ4n) is 2.34. The van der Waals surface area contributed by atoms with Crippen molar-refractivity contribution in [1.82, 2.24) is 14.8 Å². The number of esters is 1. The van der Waals surface area contributed by atoms with Crippen LogP contribution in [0.3, 0.4) is 0 Å². The Hall–Kier alpha value is -2.08. The summed E-state index contributed by atoms with van der Waals surface area (Å²) < 4.78 is 7.29. The summed E-state index contributed by atoms with van der Waals surface area (Å²) in [5.41, 5.74) is 6.41. The lowest BCUT2D eigenvalue weighted by Gasteiger charge is -2.14. The van der Waals surface area contributed by atoms with Crippen LogP contribution in [0.15, 0.2) is 18.2 Å². The van der Waals surface area contributed by atoms with Gasteiger partial charge < -0.3 is 15.0 Å². The first kappa shape index (κ1) is 13.9. The lowest BCUT2D eigenvalue weighted by Crippen LogP contribution is -2.15. The third kappa shape index (κ3) is 2.85. The smallest absolute Gasteiger partial charge is 0.338 e. The number of rotatable bonds is 3. The number of ether oxygens (including phenoxy) is 1. The quantitative estimate of drug-likeness (QED) is 0.694. The number of nitrogen functional groups attached to an aromatic ring is 1. The molecule has 2 heterocycles. The SMILES string of the molecule is Nc1ccc(C(=O)OCc2nnc3n2CCCC3)cc1Cl. The van der Waals surface area contributed by atoms with Crippen molar-refractivity contribution in [2.75, 3.05) is 5.73 Å². The Balaban J connectivity index is 1.68. The molecule has 0 atom stereocenters. The Morgan fingerprint density at radius 3 is 3.05 bits per heavy atom. The van der Waals surface area contributed by atoms with Crippen LogP contribution in [0.2, 0.25) is 5.02 Å². The third-order valence-corrected chi connectivity index (χ3v) is 3.83. The number of aromatic nitrogens is 3. The molecule has 1 aliphatic heterocycles. The summed E-state index contributed by atoms with van der Waals surface area (Å²) in [5.74, 6) is 1.19. The molecule has 21 heavy (non-hydrogen) atoms. The van der Waals surface area contributed by atoms with Crippen molar-refractivity contribution in [3.8, 4) is 0 Å². The van der Waals surface area contributed by atoms with E-state index in [0.717, 1.165) is 31.6 Å². The van der Waals surface area contributed by atoms with Gasteiger partial charge in [-0.05, 0) is 31.0 Å². The van der Waals surface area contributed by atoms with Crippen LogP contribution in [0.5, 0.6) is 0 Å². The van der Waals surface area contributed by atoms with Gasteiger partial charge in [-0.2, -0.15) is 0 Å². The molecule has 0 saturated carbocycles. The highest BCUT2D eigenvalue weighted by Crippen LogP contribution is 2.20. The Bertz CT molecular complexity index is 684. The molecule has 2 aromatic rings. The van der Waals surface area contributed by atoms with Crippen molar-refractivity contribution >= 4 is 23.3 Å². The van der Waals surface area contributed by atoms with Gasteiger partial charge >= 0.3 is 5.97 Å². The van der Waals surface area contributed by atoms with Crippen LogP contribution >= 0.6 is 11.6 Å². The first-order valence-corrected chi connectivity index (χ1v) is 7.16. The van der Waals surface area contributed by atoms with E-state index in [9.17, 15) is 4.79 Å². The highest BCUT2D eigenvalue weighted by atomic mass is 35.5. The molecule has 0 amide bonds. The van der Waals surface area contributed by atoms with Crippen molar-refractivity contribution < 1.29 is 9.53 Å². The van der Waals surface area contributed by atoms with E-state index in [2.05, 4.69) is 10.2 Å². The molecule has 7 heteroatoms. The molecule has 6 nitrogen and oxygen atoms in total. The van der Waals surface area contributed by atoms with E-state index in [-0.39, 0.29) is 6.61 Å². The molecule has 2 N–H and O–H groups in total. The van der Waals surface area contributed by atoms with Crippen molar-refractivity contribution in [1.29, 1.82) is 0 Å². The molecule has 3 rings (SSSR count). The van der Waals surface area contributed by atoms with E-state index in [0.29, 0.717) is 22.1 Å². The number of anilines is 1. The first-order chi connectivity index (χ1) is 10.1. The van der Waals surface area contributed by atoms with Gasteiger partial charge in [0, 0.05) is 13.0 Å². The number of fused-ring (bicyclic) bond motifs is 1. The van der Waals surface area contributed by atoms with E-state index in [1.54, 1.807) is 12.1 Å². The monoisotopic (exact) mass is 306 g/mol. The molecular weight excluding hydrogens is 292 g/mol. The number of carbonyl (C=O) groups excluding carboxylic acids is 1. The van der Waals surface area contributed by atoms with E-state index < -0.39 is 5.97 Å². The predicted molar refractivity (Wildman–Crippen MR) is 77.9 cm³/mol. The molecule has 1 aliphatic rings. The van der Waals surface area contributed by atoms with E-state index in [1.165, 1.54) is 6.07 Å². The standard InChI is InChI=1S/C14H15ClN4O2/c15-10-7-9(4-5-11(10)16)14(20)21-8-13-18-17-12-3-1-2-6-19(12)13/h4-5,7H,1-3,6,8,16H2. The molecule has 0 radical (unpaired) electrons. The number of hydrogen-bond acceptors (Lipinski definition) is 5. The maximum Gasteiger partial charge on any atom is 0.338 e. The fraction of sp³-hybridized carbons (Fsp3) is 0.357. The zero-order valence-electron chi connectivity index (χ0n) is 11.4. The Kier molecular flexibility index (Phi) is 3.79. The maximum absolute atomic E-state index is 12.0. The number of carbonyl (C=O) groups is 1. The summed E-state index contributed by atoms with van der Waals surface area (Å²) in [7, 11) is 0. The Morgan fingerprint density at radius 2 is 2.24 bits per heavy atom. The van der Waals surface area contributed by atoms with Crippen molar-refractivity contribution in [2.24, 2.45) is 0 Å². The van der Waals surface area contributed by atoms with Gasteiger partial charge in [0.05, 0.1) is 16.3 Å². The second-order valence-corrected chi connectivity index (χ2v) is 5.36. The number of nitrogens with zero attached hydrogens (tertiary/aromatic N) is 3. The molecule has 0 bridgehead atoms. The van der Waals surface area contributed by atoms with E-state index in [4.69, 9.17) is 22.1 Å². The van der Waals surface area contributed by atoms with Gasteiger partial charge in [0.25, 0.3) is 0 Å². The zero-order valence-corrected chi connectivity index (χ0v) is 12.1.